The highest BCUT2D eigenvalue weighted by Gasteiger charge is 2.16. The van der Waals surface area contributed by atoms with Gasteiger partial charge in [-0.2, -0.15) is 5.10 Å². The number of rotatable bonds is 10. The van der Waals surface area contributed by atoms with Crippen LogP contribution in [0.1, 0.15) is 61.5 Å². The van der Waals surface area contributed by atoms with E-state index >= 15 is 0 Å². The van der Waals surface area contributed by atoms with E-state index in [1.165, 1.54) is 5.56 Å². The lowest BCUT2D eigenvalue weighted by Crippen LogP contribution is -2.20. The minimum Gasteiger partial charge on any atom is -0.494 e. The van der Waals surface area contributed by atoms with Gasteiger partial charge in [-0.25, -0.2) is 10.4 Å². The summed E-state index contributed by atoms with van der Waals surface area (Å²) in [5.41, 5.74) is 8.38. The summed E-state index contributed by atoms with van der Waals surface area (Å²) in [5.74, 6) is 0.517. The van der Waals surface area contributed by atoms with Crippen molar-refractivity contribution >= 4 is 34.1 Å². The summed E-state index contributed by atoms with van der Waals surface area (Å²) in [6.45, 7) is 6.97. The van der Waals surface area contributed by atoms with E-state index in [1.807, 2.05) is 55.5 Å². The Morgan fingerprint density at radius 3 is 2.43 bits per heavy atom. The second kappa shape index (κ2) is 12.5. The Bertz CT molecular complexity index is 1400. The quantitative estimate of drug-likeness (QED) is 0.133. The van der Waals surface area contributed by atoms with E-state index in [0.717, 1.165) is 41.9 Å². The van der Waals surface area contributed by atoms with Crippen LogP contribution in [0.2, 0.25) is 5.02 Å². The van der Waals surface area contributed by atoms with E-state index in [0.29, 0.717) is 40.2 Å². The molecule has 0 saturated heterocycles. The topological polar surface area (TPSA) is 63.6 Å². The number of carbonyl (C=O) groups excluding carboxylic acids is 1. The second-order valence-electron chi connectivity index (χ2n) is 8.82. The highest BCUT2D eigenvalue weighted by molar-refractivity contribution is 6.35. The van der Waals surface area contributed by atoms with Crippen LogP contribution < -0.4 is 10.2 Å². The number of nitrogens with one attached hydrogen (secondary N) is 1. The fourth-order valence-electron chi connectivity index (χ4n) is 4.06. The van der Waals surface area contributed by atoms with Gasteiger partial charge in [0.2, 0.25) is 0 Å². The maximum absolute atomic E-state index is 13.4. The van der Waals surface area contributed by atoms with Gasteiger partial charge in [0.25, 0.3) is 5.91 Å². The Balaban J connectivity index is 1.62. The third-order valence-corrected chi connectivity index (χ3v) is 6.58. The Morgan fingerprint density at radius 1 is 1.00 bits per heavy atom. The van der Waals surface area contributed by atoms with E-state index in [1.54, 1.807) is 12.1 Å². The highest BCUT2D eigenvalue weighted by Crippen LogP contribution is 2.29. The summed E-state index contributed by atoms with van der Waals surface area (Å²) < 4.78 is 5.76. The molecule has 0 aliphatic heterocycles. The van der Waals surface area contributed by atoms with Gasteiger partial charge in [0.1, 0.15) is 5.75 Å². The molecule has 4 rings (SSSR count). The van der Waals surface area contributed by atoms with Gasteiger partial charge in [0.05, 0.1) is 34.1 Å². The van der Waals surface area contributed by atoms with Crippen molar-refractivity contribution in [1.29, 1.82) is 0 Å². The Hall–Kier alpha value is -3.70. The molecule has 37 heavy (non-hydrogen) atoms. The summed E-state index contributed by atoms with van der Waals surface area (Å²) in [6, 6.07) is 23.3. The molecular formula is C31H32ClN3O2. The standard InChI is InChI=1S/C31H32ClN3O2/c1-4-7-19-37-24-17-15-22(16-18-24)28(6-3)34-35-31(36)26-20-29(23-13-11-21(5-2)12-14-23)33-30-25(26)9-8-10-27(30)32/h8-18,20H,4-7,19H2,1-3H3,(H,35,36)/b34-28-. The Labute approximate surface area is 223 Å². The first kappa shape index (κ1) is 26.4. The number of para-hydroxylation sites is 1. The first-order chi connectivity index (χ1) is 18.0. The fourth-order valence-corrected chi connectivity index (χ4v) is 4.28. The van der Waals surface area contributed by atoms with Crippen molar-refractivity contribution < 1.29 is 9.53 Å². The number of aromatic nitrogens is 1. The molecule has 0 bridgehead atoms. The molecular weight excluding hydrogens is 482 g/mol. The minimum absolute atomic E-state index is 0.313. The lowest BCUT2D eigenvalue weighted by molar-refractivity contribution is 0.0956. The largest absolute Gasteiger partial charge is 0.494 e. The van der Waals surface area contributed by atoms with Crippen molar-refractivity contribution in [3.8, 4) is 17.0 Å². The van der Waals surface area contributed by atoms with E-state index in [4.69, 9.17) is 21.3 Å². The number of unbranched alkanes of at least 4 members (excludes halogenated alkanes) is 1. The van der Waals surface area contributed by atoms with Gasteiger partial charge in [-0.15, -0.1) is 0 Å². The zero-order valence-electron chi connectivity index (χ0n) is 21.6. The van der Waals surface area contributed by atoms with Gasteiger partial charge < -0.3 is 4.74 Å². The summed E-state index contributed by atoms with van der Waals surface area (Å²) in [7, 11) is 0. The molecule has 190 valence electrons. The van der Waals surface area contributed by atoms with Crippen molar-refractivity contribution in [1.82, 2.24) is 10.4 Å². The van der Waals surface area contributed by atoms with Gasteiger partial charge in [-0.05, 0) is 66.8 Å². The van der Waals surface area contributed by atoms with E-state index in [2.05, 4.69) is 36.5 Å². The van der Waals surface area contributed by atoms with Crippen LogP contribution in [0.25, 0.3) is 22.2 Å². The van der Waals surface area contributed by atoms with Crippen LogP contribution in [0.15, 0.2) is 77.9 Å². The molecule has 1 aromatic heterocycles. The fraction of sp³-hybridized carbons (Fsp3) is 0.258. The Morgan fingerprint density at radius 2 is 1.76 bits per heavy atom. The molecule has 0 fully saturated rings. The SMILES string of the molecule is CCCCOc1ccc(/C(CC)=N\NC(=O)c2cc(-c3ccc(CC)cc3)nc3c(Cl)cccc23)cc1. The highest BCUT2D eigenvalue weighted by atomic mass is 35.5. The number of nitrogens with zero attached hydrogens (tertiary/aromatic N) is 2. The molecule has 0 radical (unpaired) electrons. The zero-order valence-corrected chi connectivity index (χ0v) is 22.3. The molecule has 0 spiro atoms. The molecule has 1 heterocycles. The summed E-state index contributed by atoms with van der Waals surface area (Å²) >= 11 is 6.49. The zero-order chi connectivity index (χ0) is 26.2. The number of pyridine rings is 1. The molecule has 0 aliphatic rings. The molecule has 0 unspecified atom stereocenters. The molecule has 0 aliphatic carbocycles. The smallest absolute Gasteiger partial charge is 0.272 e. The normalized spacial score (nSPS) is 11.5. The van der Waals surface area contributed by atoms with Crippen LogP contribution in [0.4, 0.5) is 0 Å². The van der Waals surface area contributed by atoms with Gasteiger partial charge >= 0.3 is 0 Å². The maximum Gasteiger partial charge on any atom is 0.272 e. The molecule has 0 atom stereocenters. The second-order valence-corrected chi connectivity index (χ2v) is 9.23. The van der Waals surface area contributed by atoms with Crippen LogP contribution in [0.3, 0.4) is 0 Å². The number of carbonyl (C=O) groups is 1. The molecule has 4 aromatic rings. The van der Waals surface area contributed by atoms with Crippen LogP contribution in [-0.2, 0) is 6.42 Å². The van der Waals surface area contributed by atoms with Crippen molar-refractivity contribution in [3.05, 3.63) is 94.5 Å². The first-order valence-electron chi connectivity index (χ1n) is 12.8. The molecule has 3 aromatic carbocycles. The number of hydrazone groups is 1. The minimum atomic E-state index is -0.313. The molecule has 1 N–H and O–H groups in total. The summed E-state index contributed by atoms with van der Waals surface area (Å²) in [4.78, 5) is 18.2. The number of ether oxygens (including phenoxy) is 1. The Kier molecular flexibility index (Phi) is 8.91. The van der Waals surface area contributed by atoms with Crippen molar-refractivity contribution in [2.24, 2.45) is 5.10 Å². The lowest BCUT2D eigenvalue weighted by atomic mass is 10.0. The average molecular weight is 514 g/mol. The summed E-state index contributed by atoms with van der Waals surface area (Å²) in [5, 5.41) is 5.65. The van der Waals surface area contributed by atoms with Crippen molar-refractivity contribution in [3.63, 3.8) is 0 Å². The molecule has 5 nitrogen and oxygen atoms in total. The van der Waals surface area contributed by atoms with Gasteiger partial charge in [0, 0.05) is 10.9 Å². The van der Waals surface area contributed by atoms with Crippen molar-refractivity contribution in [2.45, 2.75) is 46.5 Å². The predicted molar refractivity (Wildman–Crippen MR) is 153 cm³/mol. The van der Waals surface area contributed by atoms with Crippen LogP contribution in [0.5, 0.6) is 5.75 Å². The van der Waals surface area contributed by atoms with E-state index < -0.39 is 0 Å². The van der Waals surface area contributed by atoms with Gasteiger partial charge in [-0.1, -0.05) is 75.2 Å². The van der Waals surface area contributed by atoms with Gasteiger partial charge in [-0.3, -0.25) is 4.79 Å². The van der Waals surface area contributed by atoms with Crippen LogP contribution in [-0.4, -0.2) is 23.2 Å². The first-order valence-corrected chi connectivity index (χ1v) is 13.2. The summed E-state index contributed by atoms with van der Waals surface area (Å²) in [6.07, 6.45) is 3.73. The number of benzene rings is 3. The average Bonchev–Trinajstić information content (AvgIpc) is 2.94. The molecule has 1 amide bonds. The number of halogens is 1. The third kappa shape index (κ3) is 6.36. The van der Waals surface area contributed by atoms with Crippen LogP contribution in [0, 0.1) is 0 Å². The molecule has 6 heteroatoms. The molecule has 0 saturated carbocycles. The van der Waals surface area contributed by atoms with Gasteiger partial charge in [0.15, 0.2) is 0 Å². The number of fused-ring (bicyclic) bond motifs is 1. The third-order valence-electron chi connectivity index (χ3n) is 6.27. The number of hydrogen-bond donors (Lipinski definition) is 1. The van der Waals surface area contributed by atoms with Crippen LogP contribution >= 0.6 is 11.6 Å². The number of hydrogen-bond acceptors (Lipinski definition) is 4. The monoisotopic (exact) mass is 513 g/mol. The van der Waals surface area contributed by atoms with Crippen molar-refractivity contribution in [2.75, 3.05) is 6.61 Å². The number of amides is 1. The van der Waals surface area contributed by atoms with E-state index in [9.17, 15) is 4.79 Å². The lowest BCUT2D eigenvalue weighted by Gasteiger charge is -2.11. The predicted octanol–water partition coefficient (Wildman–Crippen LogP) is 7.84. The maximum atomic E-state index is 13.4. The number of aryl methyl sites for hydroxylation is 1. The van der Waals surface area contributed by atoms with E-state index in [-0.39, 0.29) is 5.91 Å².